The summed E-state index contributed by atoms with van der Waals surface area (Å²) in [5.74, 6) is -0.0807. The van der Waals surface area contributed by atoms with Gasteiger partial charge in [0, 0.05) is 0 Å². The van der Waals surface area contributed by atoms with Crippen LogP contribution < -0.4 is 0 Å². The average Bonchev–Trinajstić information content (AvgIpc) is 2.73. The Bertz CT molecular complexity index is 612. The molecule has 0 saturated heterocycles. The number of nitrogens with zero attached hydrogens (tertiary/aromatic N) is 3. The number of rotatable bonds is 1. The van der Waals surface area contributed by atoms with E-state index in [0.29, 0.717) is 5.69 Å². The van der Waals surface area contributed by atoms with E-state index in [0.717, 1.165) is 11.0 Å². The highest BCUT2D eigenvalue weighted by molar-refractivity contribution is 5.73. The van der Waals surface area contributed by atoms with Gasteiger partial charge >= 0.3 is 0 Å². The third kappa shape index (κ3) is 1.32. The normalized spacial score (nSPS) is 10.8. The molecule has 16 heavy (non-hydrogen) atoms. The summed E-state index contributed by atoms with van der Waals surface area (Å²) < 4.78 is 0. The number of fused-ring (bicyclic) bond motifs is 1. The van der Waals surface area contributed by atoms with Crippen LogP contribution in [0, 0.1) is 0 Å². The van der Waals surface area contributed by atoms with Gasteiger partial charge in [0.05, 0.1) is 0 Å². The quantitative estimate of drug-likeness (QED) is 0.619. The van der Waals surface area contributed by atoms with Crippen molar-refractivity contribution in [3.63, 3.8) is 0 Å². The Kier molecular flexibility index (Phi) is 1.86. The van der Waals surface area contributed by atoms with Crippen LogP contribution in [0.3, 0.4) is 0 Å². The molecule has 4 heteroatoms. The van der Waals surface area contributed by atoms with Crippen molar-refractivity contribution in [1.29, 1.82) is 0 Å². The summed E-state index contributed by atoms with van der Waals surface area (Å²) in [7, 11) is 0. The first-order valence-corrected chi connectivity index (χ1v) is 4.93. The lowest BCUT2D eigenvalue weighted by Gasteiger charge is -1.98. The molecule has 3 rings (SSSR count). The summed E-state index contributed by atoms with van der Waals surface area (Å²) in [6.07, 6.45) is 0. The van der Waals surface area contributed by atoms with Crippen molar-refractivity contribution < 1.29 is 5.11 Å². The zero-order valence-electron chi connectivity index (χ0n) is 8.37. The third-order valence-electron chi connectivity index (χ3n) is 2.37. The topological polar surface area (TPSA) is 50.6 Å². The average molecular weight is 210 g/mol. The Labute approximate surface area is 91.8 Å². The molecule has 0 saturated carbocycles. The number of para-hydroxylation sites is 2. The van der Waals surface area contributed by atoms with Crippen molar-refractivity contribution in [2.24, 2.45) is 0 Å². The molecule has 1 aromatic heterocycles. The van der Waals surface area contributed by atoms with Crippen molar-refractivity contribution in [1.82, 2.24) is 15.0 Å². The first-order chi connectivity index (χ1) is 7.84. The highest BCUT2D eigenvalue weighted by atomic mass is 16.3. The van der Waals surface area contributed by atoms with Gasteiger partial charge in [-0.1, -0.05) is 24.3 Å². The van der Waals surface area contributed by atoms with Gasteiger partial charge in [0.2, 0.25) is 5.75 Å². The summed E-state index contributed by atoms with van der Waals surface area (Å²) in [4.78, 5) is 1.38. The van der Waals surface area contributed by atoms with Gasteiger partial charge in [-0.3, -0.25) is 5.11 Å². The molecule has 2 aromatic carbocycles. The molecule has 0 aliphatic heterocycles. The Morgan fingerprint density at radius 2 is 1.38 bits per heavy atom. The van der Waals surface area contributed by atoms with Crippen molar-refractivity contribution in [3.8, 4) is 11.4 Å². The lowest BCUT2D eigenvalue weighted by Crippen LogP contribution is -1.97. The van der Waals surface area contributed by atoms with Gasteiger partial charge in [-0.2, -0.15) is 0 Å². The molecule has 0 unspecified atom stereocenters. The zero-order valence-corrected chi connectivity index (χ0v) is 8.37. The fraction of sp³-hybridized carbons (Fsp3) is 0. The Hall–Kier alpha value is -2.36. The Morgan fingerprint density at radius 3 is 2.00 bits per heavy atom. The maximum absolute atomic E-state index is 11.6. The lowest BCUT2D eigenvalue weighted by atomic mass is 10.3. The fourth-order valence-electron chi connectivity index (χ4n) is 1.59. The Balaban J connectivity index is 2.23. The number of hydrogen-bond acceptors (Lipinski definition) is 2. The molecule has 0 spiro atoms. The molecule has 0 bridgehead atoms. The SMILES string of the molecule is [O]c1ccccc1-n1nc2ccccc2n1. The van der Waals surface area contributed by atoms with Gasteiger partial charge in [-0.25, -0.2) is 0 Å². The van der Waals surface area contributed by atoms with Crippen molar-refractivity contribution in [3.05, 3.63) is 48.5 Å². The molecule has 0 amide bonds. The molecule has 4 nitrogen and oxygen atoms in total. The summed E-state index contributed by atoms with van der Waals surface area (Å²) >= 11 is 0. The van der Waals surface area contributed by atoms with Crippen molar-refractivity contribution in [2.45, 2.75) is 0 Å². The van der Waals surface area contributed by atoms with E-state index in [1.165, 1.54) is 10.9 Å². The van der Waals surface area contributed by atoms with E-state index in [2.05, 4.69) is 10.2 Å². The predicted molar refractivity (Wildman–Crippen MR) is 59.0 cm³/mol. The molecule has 0 atom stereocenters. The van der Waals surface area contributed by atoms with Crippen LogP contribution in [0.5, 0.6) is 5.75 Å². The third-order valence-corrected chi connectivity index (χ3v) is 2.37. The molecule has 0 fully saturated rings. The molecule has 0 N–H and O–H groups in total. The minimum Gasteiger partial charge on any atom is -0.287 e. The second-order valence-electron chi connectivity index (χ2n) is 3.45. The fourth-order valence-corrected chi connectivity index (χ4v) is 1.59. The predicted octanol–water partition coefficient (Wildman–Crippen LogP) is 2.56. The maximum Gasteiger partial charge on any atom is 0.206 e. The van der Waals surface area contributed by atoms with Crippen molar-refractivity contribution >= 4 is 11.0 Å². The van der Waals surface area contributed by atoms with Gasteiger partial charge in [0.15, 0.2) is 0 Å². The first kappa shape index (κ1) is 8.91. The molecular formula is C12H8N3O. The van der Waals surface area contributed by atoms with E-state index in [-0.39, 0.29) is 5.75 Å². The van der Waals surface area contributed by atoms with Crippen LogP contribution in [0.4, 0.5) is 0 Å². The molecular weight excluding hydrogens is 202 g/mol. The van der Waals surface area contributed by atoms with Gasteiger partial charge in [-0.15, -0.1) is 15.0 Å². The van der Waals surface area contributed by atoms with E-state index >= 15 is 0 Å². The number of benzene rings is 2. The molecule has 0 aliphatic rings. The van der Waals surface area contributed by atoms with Gasteiger partial charge in [0.25, 0.3) is 0 Å². The Morgan fingerprint density at radius 1 is 0.812 bits per heavy atom. The highest BCUT2D eigenvalue weighted by Crippen LogP contribution is 2.21. The van der Waals surface area contributed by atoms with Gasteiger partial charge in [-0.05, 0) is 24.3 Å². The highest BCUT2D eigenvalue weighted by Gasteiger charge is 2.08. The van der Waals surface area contributed by atoms with Crippen LogP contribution in [0.2, 0.25) is 0 Å². The second-order valence-corrected chi connectivity index (χ2v) is 3.45. The van der Waals surface area contributed by atoms with Crippen LogP contribution in [-0.4, -0.2) is 15.0 Å². The minimum atomic E-state index is -0.0807. The smallest absolute Gasteiger partial charge is 0.206 e. The van der Waals surface area contributed by atoms with Crippen LogP contribution in [0.15, 0.2) is 48.5 Å². The molecule has 0 aliphatic carbocycles. The zero-order chi connectivity index (χ0) is 11.0. The largest absolute Gasteiger partial charge is 0.287 e. The minimum absolute atomic E-state index is 0.0807. The molecule has 77 valence electrons. The van der Waals surface area contributed by atoms with Crippen LogP contribution >= 0.6 is 0 Å². The molecule has 3 aromatic rings. The van der Waals surface area contributed by atoms with E-state index < -0.39 is 0 Å². The van der Waals surface area contributed by atoms with Crippen molar-refractivity contribution in [2.75, 3.05) is 0 Å². The summed E-state index contributed by atoms with van der Waals surface area (Å²) in [5.41, 5.74) is 2.04. The summed E-state index contributed by atoms with van der Waals surface area (Å²) in [5, 5.41) is 20.1. The number of aromatic nitrogens is 3. The molecule has 1 heterocycles. The number of hydrogen-bond donors (Lipinski definition) is 0. The van der Waals surface area contributed by atoms with Crippen LogP contribution in [-0.2, 0) is 5.11 Å². The maximum atomic E-state index is 11.6. The standard InChI is InChI=1S/C12H8N3O/c16-12-8-4-3-7-11(12)15-13-9-5-1-2-6-10(9)14-15/h1-8H. The lowest BCUT2D eigenvalue weighted by molar-refractivity contribution is 0.351. The van der Waals surface area contributed by atoms with Crippen LogP contribution in [0.1, 0.15) is 0 Å². The monoisotopic (exact) mass is 210 g/mol. The summed E-state index contributed by atoms with van der Waals surface area (Å²) in [6.45, 7) is 0. The molecule has 1 radical (unpaired) electrons. The van der Waals surface area contributed by atoms with Gasteiger partial charge in [0.1, 0.15) is 16.7 Å². The van der Waals surface area contributed by atoms with E-state index in [1.54, 1.807) is 18.2 Å². The van der Waals surface area contributed by atoms with E-state index in [9.17, 15) is 5.11 Å². The van der Waals surface area contributed by atoms with Crippen LogP contribution in [0.25, 0.3) is 16.7 Å². The van der Waals surface area contributed by atoms with E-state index in [4.69, 9.17) is 0 Å². The van der Waals surface area contributed by atoms with Gasteiger partial charge < -0.3 is 0 Å². The summed E-state index contributed by atoms with van der Waals surface area (Å²) in [6, 6.07) is 14.2. The van der Waals surface area contributed by atoms with E-state index in [1.807, 2.05) is 24.3 Å². The second kappa shape index (κ2) is 3.34. The first-order valence-electron chi connectivity index (χ1n) is 4.93.